The number of rotatable bonds is 10. The molecule has 0 aliphatic heterocycles. The van der Waals surface area contributed by atoms with Crippen molar-refractivity contribution < 1.29 is 14.3 Å². The molecule has 2 amide bonds. The summed E-state index contributed by atoms with van der Waals surface area (Å²) in [4.78, 5) is 28.0. The van der Waals surface area contributed by atoms with Gasteiger partial charge in [0.25, 0.3) is 5.91 Å². The monoisotopic (exact) mass is 530 g/mol. The molecule has 0 spiro atoms. The van der Waals surface area contributed by atoms with E-state index < -0.39 is 6.04 Å². The third kappa shape index (κ3) is 8.15. The number of benzene rings is 2. The molecule has 1 N–H and O–H groups in total. The van der Waals surface area contributed by atoms with Crippen molar-refractivity contribution in [3.63, 3.8) is 0 Å². The minimum Gasteiger partial charge on any atom is -0.483 e. The minimum absolute atomic E-state index is 0.0131. The number of carbonyl (C=O) groups excluding carboxylic acids is 2. The van der Waals surface area contributed by atoms with Crippen molar-refractivity contribution in [1.82, 2.24) is 10.2 Å². The largest absolute Gasteiger partial charge is 0.483 e. The summed E-state index contributed by atoms with van der Waals surface area (Å²) >= 11 is 3.57. The van der Waals surface area contributed by atoms with Crippen LogP contribution in [-0.2, 0) is 21.5 Å². The van der Waals surface area contributed by atoms with E-state index in [0.29, 0.717) is 31.2 Å². The maximum atomic E-state index is 13.4. The van der Waals surface area contributed by atoms with Gasteiger partial charge in [0.2, 0.25) is 5.91 Å². The van der Waals surface area contributed by atoms with Crippen LogP contribution in [0.2, 0.25) is 0 Å². The Morgan fingerprint density at radius 2 is 1.82 bits per heavy atom. The SMILES string of the molecule is CCC(C(=O)NCC(C)C)N(Cc1cccc(C)c1)C(=O)COc1ccc(C(C)(C)C)cc1Br. The van der Waals surface area contributed by atoms with Crippen molar-refractivity contribution in [1.29, 1.82) is 0 Å². The number of hydrogen-bond donors (Lipinski definition) is 1. The smallest absolute Gasteiger partial charge is 0.261 e. The molecule has 0 aliphatic rings. The van der Waals surface area contributed by atoms with Crippen molar-refractivity contribution in [3.05, 3.63) is 63.6 Å². The molecule has 186 valence electrons. The van der Waals surface area contributed by atoms with Gasteiger partial charge in [-0.15, -0.1) is 0 Å². The van der Waals surface area contributed by atoms with Gasteiger partial charge in [0.05, 0.1) is 4.47 Å². The number of ether oxygens (including phenoxy) is 1. The number of hydrogen-bond acceptors (Lipinski definition) is 3. The topological polar surface area (TPSA) is 58.6 Å². The molecular formula is C28H39BrN2O3. The van der Waals surface area contributed by atoms with Crippen LogP contribution >= 0.6 is 15.9 Å². The Balaban J connectivity index is 2.23. The molecule has 0 aliphatic carbocycles. The Labute approximate surface area is 213 Å². The first-order valence-corrected chi connectivity index (χ1v) is 12.8. The van der Waals surface area contributed by atoms with Crippen LogP contribution in [0.1, 0.15) is 64.7 Å². The lowest BCUT2D eigenvalue weighted by Crippen LogP contribution is -2.50. The van der Waals surface area contributed by atoms with E-state index in [1.54, 1.807) is 4.90 Å². The average Bonchev–Trinajstić information content (AvgIpc) is 2.75. The molecule has 0 saturated heterocycles. The van der Waals surface area contributed by atoms with Gasteiger partial charge in [-0.1, -0.05) is 77.4 Å². The van der Waals surface area contributed by atoms with Crippen LogP contribution in [0.15, 0.2) is 46.9 Å². The fourth-order valence-corrected chi connectivity index (χ4v) is 4.15. The summed E-state index contributed by atoms with van der Waals surface area (Å²) in [5.74, 6) is 0.584. The molecule has 1 atom stereocenters. The number of carbonyl (C=O) groups is 2. The van der Waals surface area contributed by atoms with Gasteiger partial charge in [0, 0.05) is 13.1 Å². The van der Waals surface area contributed by atoms with Gasteiger partial charge in [-0.2, -0.15) is 0 Å². The van der Waals surface area contributed by atoms with Gasteiger partial charge >= 0.3 is 0 Å². The van der Waals surface area contributed by atoms with Crippen LogP contribution in [-0.4, -0.2) is 35.9 Å². The highest BCUT2D eigenvalue weighted by atomic mass is 79.9. The maximum Gasteiger partial charge on any atom is 0.261 e. The van der Waals surface area contributed by atoms with Gasteiger partial charge in [-0.05, 0) is 63.9 Å². The molecule has 0 radical (unpaired) electrons. The second kappa shape index (κ2) is 12.4. The van der Waals surface area contributed by atoms with Crippen LogP contribution in [0.5, 0.6) is 5.75 Å². The van der Waals surface area contributed by atoms with Crippen molar-refractivity contribution in [2.45, 2.75) is 72.9 Å². The Morgan fingerprint density at radius 3 is 2.38 bits per heavy atom. The minimum atomic E-state index is -0.568. The number of amides is 2. The predicted octanol–water partition coefficient (Wildman–Crippen LogP) is 6.01. The van der Waals surface area contributed by atoms with Gasteiger partial charge in [0.15, 0.2) is 6.61 Å². The summed E-state index contributed by atoms with van der Waals surface area (Å²) in [5.41, 5.74) is 3.28. The van der Waals surface area contributed by atoms with Crippen LogP contribution in [0.25, 0.3) is 0 Å². The molecule has 2 rings (SSSR count). The predicted molar refractivity (Wildman–Crippen MR) is 142 cm³/mol. The zero-order chi connectivity index (χ0) is 25.5. The summed E-state index contributed by atoms with van der Waals surface area (Å²) in [7, 11) is 0. The summed E-state index contributed by atoms with van der Waals surface area (Å²) in [6, 6.07) is 13.4. The standard InChI is InChI=1S/C28H39BrN2O3/c1-8-24(27(33)30-16-19(2)3)31(17-21-11-9-10-20(4)14-21)26(32)18-34-25-13-12-22(15-23(25)29)28(5,6)7/h9-15,19,24H,8,16-18H2,1-7H3,(H,30,33). The molecule has 0 bridgehead atoms. The molecular weight excluding hydrogens is 492 g/mol. The number of aryl methyl sites for hydroxylation is 1. The van der Waals surface area contributed by atoms with Crippen molar-refractivity contribution >= 4 is 27.7 Å². The van der Waals surface area contributed by atoms with Crippen LogP contribution in [0, 0.1) is 12.8 Å². The molecule has 34 heavy (non-hydrogen) atoms. The molecule has 0 heterocycles. The molecule has 0 aromatic heterocycles. The first-order chi connectivity index (χ1) is 15.9. The lowest BCUT2D eigenvalue weighted by Gasteiger charge is -2.31. The Kier molecular flexibility index (Phi) is 10.2. The molecule has 0 saturated carbocycles. The van der Waals surface area contributed by atoms with E-state index in [9.17, 15) is 9.59 Å². The van der Waals surface area contributed by atoms with Crippen LogP contribution in [0.3, 0.4) is 0 Å². The zero-order valence-corrected chi connectivity index (χ0v) is 23.2. The first kappa shape index (κ1) is 27.9. The highest BCUT2D eigenvalue weighted by Gasteiger charge is 2.29. The van der Waals surface area contributed by atoms with E-state index in [1.807, 2.05) is 70.2 Å². The maximum absolute atomic E-state index is 13.4. The average molecular weight is 532 g/mol. The lowest BCUT2D eigenvalue weighted by atomic mass is 9.87. The highest BCUT2D eigenvalue weighted by molar-refractivity contribution is 9.10. The fraction of sp³-hybridized carbons (Fsp3) is 0.500. The van der Waals surface area contributed by atoms with E-state index >= 15 is 0 Å². The number of halogens is 1. The third-order valence-electron chi connectivity index (χ3n) is 5.65. The van der Waals surface area contributed by atoms with Crippen LogP contribution < -0.4 is 10.1 Å². The van der Waals surface area contributed by atoms with Crippen molar-refractivity contribution in [2.24, 2.45) is 5.92 Å². The van der Waals surface area contributed by atoms with Crippen molar-refractivity contribution in [3.8, 4) is 5.75 Å². The number of nitrogens with zero attached hydrogens (tertiary/aromatic N) is 1. The van der Waals surface area contributed by atoms with E-state index in [4.69, 9.17) is 4.74 Å². The summed E-state index contributed by atoms with van der Waals surface area (Å²) in [6.07, 6.45) is 0.519. The normalized spacial score (nSPS) is 12.4. The van der Waals surface area contributed by atoms with E-state index in [0.717, 1.165) is 15.6 Å². The molecule has 6 heteroatoms. The van der Waals surface area contributed by atoms with Gasteiger partial charge < -0.3 is 15.0 Å². The first-order valence-electron chi connectivity index (χ1n) is 12.0. The molecule has 2 aromatic rings. The molecule has 0 fully saturated rings. The van der Waals surface area contributed by atoms with Crippen molar-refractivity contribution in [2.75, 3.05) is 13.2 Å². The number of nitrogens with one attached hydrogen (secondary N) is 1. The Morgan fingerprint density at radius 1 is 1.12 bits per heavy atom. The molecule has 2 aromatic carbocycles. The van der Waals surface area contributed by atoms with Gasteiger partial charge in [-0.25, -0.2) is 0 Å². The zero-order valence-electron chi connectivity index (χ0n) is 21.6. The second-order valence-electron chi connectivity index (χ2n) is 10.3. The van der Waals surface area contributed by atoms with E-state index in [-0.39, 0.29) is 23.8 Å². The summed E-state index contributed by atoms with van der Waals surface area (Å²) < 4.78 is 6.72. The Bertz CT molecular complexity index is 982. The third-order valence-corrected chi connectivity index (χ3v) is 6.27. The molecule has 1 unspecified atom stereocenters. The molecule has 5 nitrogen and oxygen atoms in total. The fourth-order valence-electron chi connectivity index (χ4n) is 3.66. The Hall–Kier alpha value is -2.34. The van der Waals surface area contributed by atoms with Crippen LogP contribution in [0.4, 0.5) is 0 Å². The summed E-state index contributed by atoms with van der Waals surface area (Å²) in [5, 5.41) is 2.99. The highest BCUT2D eigenvalue weighted by Crippen LogP contribution is 2.31. The second-order valence-corrected chi connectivity index (χ2v) is 11.1. The summed E-state index contributed by atoms with van der Waals surface area (Å²) in [6.45, 7) is 15.3. The van der Waals surface area contributed by atoms with E-state index in [1.165, 1.54) is 5.56 Å². The quantitative estimate of drug-likeness (QED) is 0.408. The van der Waals surface area contributed by atoms with Gasteiger partial charge in [0.1, 0.15) is 11.8 Å². The van der Waals surface area contributed by atoms with Gasteiger partial charge in [-0.3, -0.25) is 9.59 Å². The lowest BCUT2D eigenvalue weighted by molar-refractivity contribution is -0.143. The van der Waals surface area contributed by atoms with E-state index in [2.05, 4.69) is 42.0 Å².